The summed E-state index contributed by atoms with van der Waals surface area (Å²) in [6.07, 6.45) is 0. The van der Waals surface area contributed by atoms with Gasteiger partial charge in [0, 0.05) is 12.1 Å². The van der Waals surface area contributed by atoms with Crippen LogP contribution in [0.4, 0.5) is 0 Å². The van der Waals surface area contributed by atoms with E-state index < -0.39 is 17.3 Å². The fraction of sp³-hybridized carbons (Fsp3) is 0. The molecule has 2 aromatic carbocycles. The molecule has 5 nitrogen and oxygen atoms in total. The third kappa shape index (κ3) is 2.45. The summed E-state index contributed by atoms with van der Waals surface area (Å²) in [7, 11) is 0. The Kier molecular flexibility index (Phi) is 3.65. The van der Waals surface area contributed by atoms with Gasteiger partial charge in [0.05, 0.1) is 21.2 Å². The second-order valence-electron chi connectivity index (χ2n) is 3.97. The Labute approximate surface area is 123 Å². The lowest BCUT2D eigenvalue weighted by Gasteiger charge is -2.10. The Morgan fingerprint density at radius 2 is 1.10 bits per heavy atom. The molecular weight excluding hydrogens is 307 g/mol. The van der Waals surface area contributed by atoms with E-state index >= 15 is 0 Å². The van der Waals surface area contributed by atoms with Gasteiger partial charge in [-0.15, -0.1) is 0 Å². The minimum atomic E-state index is -0.838. The van der Waals surface area contributed by atoms with E-state index in [-0.39, 0.29) is 32.7 Å². The van der Waals surface area contributed by atoms with Crippen molar-refractivity contribution in [3.8, 4) is 23.0 Å². The monoisotopic (exact) mass is 314 g/mol. The highest BCUT2D eigenvalue weighted by Gasteiger charge is 2.24. The zero-order chi connectivity index (χ0) is 15.0. The van der Waals surface area contributed by atoms with E-state index in [0.29, 0.717) is 0 Å². The molecule has 0 aliphatic carbocycles. The van der Waals surface area contributed by atoms with Crippen LogP contribution in [-0.4, -0.2) is 26.2 Å². The standard InChI is InChI=1S/C13H8Cl2O5/c14-7-1-5(16)3-9(18)11(7)13(20)12-8(15)2-6(17)4-10(12)19/h1-4,16-19H. The van der Waals surface area contributed by atoms with Crippen LogP contribution in [0.15, 0.2) is 24.3 Å². The summed E-state index contributed by atoms with van der Waals surface area (Å²) in [5, 5.41) is 37.5. The molecule has 0 unspecified atom stereocenters. The summed E-state index contributed by atoms with van der Waals surface area (Å²) in [5.41, 5.74) is -0.625. The second kappa shape index (κ2) is 5.11. The first-order chi connectivity index (χ1) is 9.31. The van der Waals surface area contributed by atoms with Crippen LogP contribution in [0, 0.1) is 0 Å². The highest BCUT2D eigenvalue weighted by molar-refractivity contribution is 6.39. The number of carbonyl (C=O) groups excluding carboxylic acids is 1. The third-order valence-electron chi connectivity index (χ3n) is 2.56. The molecule has 0 radical (unpaired) electrons. The maximum absolute atomic E-state index is 12.3. The lowest BCUT2D eigenvalue weighted by Crippen LogP contribution is -2.04. The van der Waals surface area contributed by atoms with Crippen molar-refractivity contribution >= 4 is 29.0 Å². The van der Waals surface area contributed by atoms with E-state index in [9.17, 15) is 25.2 Å². The normalized spacial score (nSPS) is 10.5. The van der Waals surface area contributed by atoms with Crippen molar-refractivity contribution < 1.29 is 25.2 Å². The van der Waals surface area contributed by atoms with Gasteiger partial charge < -0.3 is 20.4 Å². The van der Waals surface area contributed by atoms with Crippen molar-refractivity contribution in [2.24, 2.45) is 0 Å². The number of hydrogen-bond acceptors (Lipinski definition) is 5. The average Bonchev–Trinajstić information content (AvgIpc) is 2.25. The molecule has 0 amide bonds. The first kappa shape index (κ1) is 14.3. The summed E-state index contributed by atoms with van der Waals surface area (Å²) in [4.78, 5) is 12.3. The molecule has 2 rings (SSSR count). The van der Waals surface area contributed by atoms with E-state index in [1.165, 1.54) is 0 Å². The Morgan fingerprint density at radius 1 is 0.750 bits per heavy atom. The number of ketones is 1. The van der Waals surface area contributed by atoms with Crippen LogP contribution in [0.25, 0.3) is 0 Å². The molecule has 0 bridgehead atoms. The molecule has 0 saturated heterocycles. The van der Waals surface area contributed by atoms with Crippen LogP contribution in [0.5, 0.6) is 23.0 Å². The van der Waals surface area contributed by atoms with Crippen molar-refractivity contribution in [3.63, 3.8) is 0 Å². The Morgan fingerprint density at radius 3 is 1.40 bits per heavy atom. The number of phenols is 4. The van der Waals surface area contributed by atoms with E-state index in [4.69, 9.17) is 23.2 Å². The van der Waals surface area contributed by atoms with Crippen LogP contribution in [0.2, 0.25) is 10.0 Å². The highest BCUT2D eigenvalue weighted by Crippen LogP contribution is 2.37. The zero-order valence-corrected chi connectivity index (χ0v) is 11.3. The van der Waals surface area contributed by atoms with E-state index in [1.54, 1.807) is 0 Å². The van der Waals surface area contributed by atoms with Gasteiger partial charge in [0.2, 0.25) is 5.78 Å². The quantitative estimate of drug-likeness (QED) is 0.639. The Bertz CT molecular complexity index is 606. The van der Waals surface area contributed by atoms with Crippen molar-refractivity contribution in [2.75, 3.05) is 0 Å². The van der Waals surface area contributed by atoms with Crippen LogP contribution < -0.4 is 0 Å². The SMILES string of the molecule is O=C(c1c(O)cc(O)cc1Cl)c1c(O)cc(O)cc1Cl. The molecular formula is C13H8Cl2O5. The van der Waals surface area contributed by atoms with Gasteiger partial charge in [-0.25, -0.2) is 0 Å². The van der Waals surface area contributed by atoms with Crippen molar-refractivity contribution in [3.05, 3.63) is 45.4 Å². The highest BCUT2D eigenvalue weighted by atomic mass is 35.5. The van der Waals surface area contributed by atoms with Gasteiger partial charge in [0.15, 0.2) is 0 Å². The van der Waals surface area contributed by atoms with Crippen molar-refractivity contribution in [1.82, 2.24) is 0 Å². The number of rotatable bonds is 2. The van der Waals surface area contributed by atoms with E-state index in [0.717, 1.165) is 24.3 Å². The maximum Gasteiger partial charge on any atom is 0.203 e. The third-order valence-corrected chi connectivity index (χ3v) is 3.16. The molecule has 4 N–H and O–H groups in total. The summed E-state index contributed by atoms with van der Waals surface area (Å²) in [6, 6.07) is 4.01. The van der Waals surface area contributed by atoms with Gasteiger partial charge in [0.25, 0.3) is 0 Å². The van der Waals surface area contributed by atoms with Gasteiger partial charge in [-0.1, -0.05) is 23.2 Å². The number of hydrogen-bond donors (Lipinski definition) is 4. The number of benzene rings is 2. The maximum atomic E-state index is 12.3. The molecule has 0 aliphatic heterocycles. The van der Waals surface area contributed by atoms with Gasteiger partial charge in [-0.3, -0.25) is 4.79 Å². The van der Waals surface area contributed by atoms with Crippen LogP contribution in [0.3, 0.4) is 0 Å². The lowest BCUT2D eigenvalue weighted by molar-refractivity contribution is 0.103. The minimum absolute atomic E-state index is 0.198. The smallest absolute Gasteiger partial charge is 0.203 e. The molecule has 20 heavy (non-hydrogen) atoms. The van der Waals surface area contributed by atoms with Crippen molar-refractivity contribution in [1.29, 1.82) is 0 Å². The summed E-state index contributed by atoms with van der Waals surface area (Å²) >= 11 is 11.6. The molecule has 0 spiro atoms. The van der Waals surface area contributed by atoms with E-state index in [1.807, 2.05) is 0 Å². The molecule has 0 aromatic heterocycles. The molecule has 2 aromatic rings. The first-order valence-electron chi connectivity index (χ1n) is 5.29. The number of carbonyl (C=O) groups is 1. The van der Waals surface area contributed by atoms with Gasteiger partial charge in [-0.05, 0) is 12.1 Å². The number of halogens is 2. The average molecular weight is 315 g/mol. The van der Waals surface area contributed by atoms with Crippen molar-refractivity contribution in [2.45, 2.75) is 0 Å². The molecule has 0 fully saturated rings. The minimum Gasteiger partial charge on any atom is -0.508 e. The topological polar surface area (TPSA) is 98.0 Å². The van der Waals surface area contributed by atoms with Crippen LogP contribution in [-0.2, 0) is 0 Å². The van der Waals surface area contributed by atoms with Crippen LogP contribution in [0.1, 0.15) is 15.9 Å². The van der Waals surface area contributed by atoms with Gasteiger partial charge in [0.1, 0.15) is 23.0 Å². The summed E-state index contributed by atoms with van der Waals surface area (Å²) in [6.45, 7) is 0. The molecule has 0 aliphatic rings. The molecule has 0 heterocycles. The van der Waals surface area contributed by atoms with Crippen LogP contribution >= 0.6 is 23.2 Å². The summed E-state index contributed by atoms with van der Waals surface area (Å²) < 4.78 is 0. The lowest BCUT2D eigenvalue weighted by atomic mass is 10.0. The summed E-state index contributed by atoms with van der Waals surface area (Å²) in [5.74, 6) is -2.57. The van der Waals surface area contributed by atoms with E-state index in [2.05, 4.69) is 0 Å². The predicted molar refractivity (Wildman–Crippen MR) is 73.0 cm³/mol. The molecule has 7 heteroatoms. The number of aromatic hydroxyl groups is 4. The number of phenolic OH excluding ortho intramolecular Hbond substituents is 4. The Balaban J connectivity index is 2.64. The zero-order valence-electron chi connectivity index (χ0n) is 9.76. The fourth-order valence-electron chi connectivity index (χ4n) is 1.73. The molecule has 104 valence electrons. The second-order valence-corrected chi connectivity index (χ2v) is 4.79. The molecule has 0 atom stereocenters. The molecule has 0 saturated carbocycles. The largest absolute Gasteiger partial charge is 0.508 e. The first-order valence-corrected chi connectivity index (χ1v) is 6.04. The van der Waals surface area contributed by atoms with Gasteiger partial charge >= 0.3 is 0 Å². The predicted octanol–water partition coefficient (Wildman–Crippen LogP) is 3.05. The Hall–Kier alpha value is -2.11. The van der Waals surface area contributed by atoms with Gasteiger partial charge in [-0.2, -0.15) is 0 Å². The fourth-order valence-corrected chi connectivity index (χ4v) is 2.32.